The number of nitrogens with one attached hydrogen (secondary N) is 1. The molecule has 0 spiro atoms. The lowest BCUT2D eigenvalue weighted by Crippen LogP contribution is -2.45. The highest BCUT2D eigenvalue weighted by molar-refractivity contribution is 7.89. The monoisotopic (exact) mass is 194 g/mol. The zero-order valence-corrected chi connectivity index (χ0v) is 8.74. The van der Waals surface area contributed by atoms with Crippen LogP contribution in [0, 0.1) is 0 Å². The highest BCUT2D eigenvalue weighted by Gasteiger charge is 2.22. The van der Waals surface area contributed by atoms with Crippen LogP contribution >= 0.6 is 0 Å². The predicted molar refractivity (Wildman–Crippen MR) is 50.3 cm³/mol. The molecule has 74 valence electrons. The van der Waals surface area contributed by atoms with Crippen LogP contribution in [0.25, 0.3) is 0 Å². The molecule has 0 aliphatic carbocycles. The predicted octanol–water partition coefficient (Wildman–Crippen LogP) is 0.0531. The number of sulfonamides is 1. The maximum atomic E-state index is 11.1. The van der Waals surface area contributed by atoms with Crippen molar-refractivity contribution >= 4 is 10.0 Å². The topological polar surface area (TPSA) is 72.2 Å². The molecule has 0 saturated carbocycles. The highest BCUT2D eigenvalue weighted by atomic mass is 32.2. The Morgan fingerprint density at radius 3 is 2.25 bits per heavy atom. The second-order valence-corrected chi connectivity index (χ2v) is 5.44. The van der Waals surface area contributed by atoms with E-state index in [9.17, 15) is 8.42 Å². The minimum absolute atomic E-state index is 0.112. The van der Waals surface area contributed by atoms with Crippen LogP contribution < -0.4 is 10.5 Å². The van der Waals surface area contributed by atoms with Crippen LogP contribution in [-0.4, -0.2) is 26.3 Å². The number of rotatable bonds is 5. The summed E-state index contributed by atoms with van der Waals surface area (Å²) in [7, 11) is -3.10. The second kappa shape index (κ2) is 4.20. The van der Waals surface area contributed by atoms with Crippen molar-refractivity contribution in [3.8, 4) is 0 Å². The summed E-state index contributed by atoms with van der Waals surface area (Å²) in [5, 5.41) is 0. The molecule has 0 unspecified atom stereocenters. The molecule has 0 aliphatic rings. The van der Waals surface area contributed by atoms with E-state index in [1.54, 1.807) is 6.92 Å². The van der Waals surface area contributed by atoms with E-state index in [0.29, 0.717) is 13.0 Å². The Bertz CT molecular complexity index is 222. The van der Waals surface area contributed by atoms with Crippen molar-refractivity contribution in [1.29, 1.82) is 0 Å². The fourth-order valence-electron chi connectivity index (χ4n) is 0.905. The van der Waals surface area contributed by atoms with Gasteiger partial charge in [-0.15, -0.1) is 0 Å². The summed E-state index contributed by atoms with van der Waals surface area (Å²) < 4.78 is 24.9. The molecule has 0 saturated heterocycles. The van der Waals surface area contributed by atoms with Crippen molar-refractivity contribution in [2.45, 2.75) is 32.7 Å². The van der Waals surface area contributed by atoms with Crippen molar-refractivity contribution in [2.24, 2.45) is 5.73 Å². The van der Waals surface area contributed by atoms with Crippen LogP contribution in [0.2, 0.25) is 0 Å². The SMILES string of the molecule is CCS(=O)(=O)NC(C)(C)CCN. The van der Waals surface area contributed by atoms with E-state index in [-0.39, 0.29) is 5.75 Å². The molecule has 12 heavy (non-hydrogen) atoms. The van der Waals surface area contributed by atoms with Gasteiger partial charge in [0.15, 0.2) is 0 Å². The van der Waals surface area contributed by atoms with E-state index in [1.165, 1.54) is 0 Å². The lowest BCUT2D eigenvalue weighted by molar-refractivity contribution is 0.428. The second-order valence-electron chi connectivity index (χ2n) is 3.43. The van der Waals surface area contributed by atoms with Crippen LogP contribution in [0.1, 0.15) is 27.2 Å². The van der Waals surface area contributed by atoms with Gasteiger partial charge < -0.3 is 5.73 Å². The molecule has 0 rings (SSSR count). The van der Waals surface area contributed by atoms with Crippen molar-refractivity contribution in [1.82, 2.24) is 4.72 Å². The third-order valence-corrected chi connectivity index (χ3v) is 3.20. The number of hydrogen-bond donors (Lipinski definition) is 2. The molecule has 4 nitrogen and oxygen atoms in total. The van der Waals surface area contributed by atoms with E-state index >= 15 is 0 Å². The molecule has 0 aromatic carbocycles. The first-order chi connectivity index (χ1) is 5.33. The van der Waals surface area contributed by atoms with Gasteiger partial charge >= 0.3 is 0 Å². The Kier molecular flexibility index (Phi) is 4.16. The van der Waals surface area contributed by atoms with E-state index in [1.807, 2.05) is 13.8 Å². The molecule has 5 heteroatoms. The van der Waals surface area contributed by atoms with Gasteiger partial charge in [-0.05, 0) is 33.7 Å². The van der Waals surface area contributed by atoms with Gasteiger partial charge in [-0.25, -0.2) is 13.1 Å². The van der Waals surface area contributed by atoms with E-state index in [2.05, 4.69) is 4.72 Å². The standard InChI is InChI=1S/C7H18N2O2S/c1-4-12(10,11)9-7(2,3)5-6-8/h9H,4-6,8H2,1-3H3. The van der Waals surface area contributed by atoms with Gasteiger partial charge in [0.1, 0.15) is 0 Å². The lowest BCUT2D eigenvalue weighted by Gasteiger charge is -2.24. The van der Waals surface area contributed by atoms with Crippen LogP contribution in [0.5, 0.6) is 0 Å². The number of nitrogens with two attached hydrogens (primary N) is 1. The largest absolute Gasteiger partial charge is 0.330 e. The molecule has 0 aromatic rings. The van der Waals surface area contributed by atoms with E-state index in [0.717, 1.165) is 0 Å². The van der Waals surface area contributed by atoms with E-state index in [4.69, 9.17) is 5.73 Å². The van der Waals surface area contributed by atoms with Gasteiger partial charge in [0.2, 0.25) is 10.0 Å². The molecular formula is C7H18N2O2S. The lowest BCUT2D eigenvalue weighted by atomic mass is 10.0. The molecular weight excluding hydrogens is 176 g/mol. The maximum absolute atomic E-state index is 11.1. The molecule has 0 bridgehead atoms. The van der Waals surface area contributed by atoms with Crippen LogP contribution in [0.3, 0.4) is 0 Å². The van der Waals surface area contributed by atoms with Gasteiger partial charge in [-0.3, -0.25) is 0 Å². The fraction of sp³-hybridized carbons (Fsp3) is 1.00. The molecule has 0 atom stereocenters. The highest BCUT2D eigenvalue weighted by Crippen LogP contribution is 2.08. The van der Waals surface area contributed by atoms with Crippen molar-refractivity contribution < 1.29 is 8.42 Å². The Balaban J connectivity index is 4.24. The quantitative estimate of drug-likeness (QED) is 0.649. The van der Waals surface area contributed by atoms with E-state index < -0.39 is 15.6 Å². The van der Waals surface area contributed by atoms with Crippen molar-refractivity contribution in [3.05, 3.63) is 0 Å². The van der Waals surface area contributed by atoms with Crippen LogP contribution in [-0.2, 0) is 10.0 Å². The van der Waals surface area contributed by atoms with Crippen molar-refractivity contribution in [2.75, 3.05) is 12.3 Å². The Hall–Kier alpha value is -0.130. The first-order valence-electron chi connectivity index (χ1n) is 4.05. The minimum Gasteiger partial charge on any atom is -0.330 e. The zero-order valence-electron chi connectivity index (χ0n) is 7.92. The maximum Gasteiger partial charge on any atom is 0.211 e. The van der Waals surface area contributed by atoms with Gasteiger partial charge in [0.05, 0.1) is 5.75 Å². The summed E-state index contributed by atoms with van der Waals surface area (Å²) in [6.07, 6.45) is 0.645. The summed E-state index contributed by atoms with van der Waals surface area (Å²) in [4.78, 5) is 0. The summed E-state index contributed by atoms with van der Waals surface area (Å²) in [6, 6.07) is 0. The Morgan fingerprint density at radius 1 is 1.42 bits per heavy atom. The van der Waals surface area contributed by atoms with Gasteiger partial charge in [0, 0.05) is 5.54 Å². The molecule has 0 heterocycles. The van der Waals surface area contributed by atoms with Crippen LogP contribution in [0.15, 0.2) is 0 Å². The average molecular weight is 194 g/mol. The third kappa shape index (κ3) is 4.69. The molecule has 0 aromatic heterocycles. The van der Waals surface area contributed by atoms with Crippen molar-refractivity contribution in [3.63, 3.8) is 0 Å². The summed E-state index contributed by atoms with van der Waals surface area (Å²) in [5.41, 5.74) is 4.91. The Morgan fingerprint density at radius 2 is 1.92 bits per heavy atom. The van der Waals surface area contributed by atoms with Gasteiger partial charge in [-0.2, -0.15) is 0 Å². The average Bonchev–Trinajstić information content (AvgIpc) is 1.85. The normalized spacial score (nSPS) is 13.3. The fourth-order valence-corrected chi connectivity index (χ4v) is 1.99. The summed E-state index contributed by atoms with van der Waals surface area (Å²) in [5.74, 6) is 0.112. The molecule has 0 aliphatic heterocycles. The zero-order chi connectivity index (χ0) is 9.83. The first kappa shape index (κ1) is 11.9. The van der Waals surface area contributed by atoms with Gasteiger partial charge in [-0.1, -0.05) is 0 Å². The smallest absolute Gasteiger partial charge is 0.211 e. The molecule has 0 radical (unpaired) electrons. The van der Waals surface area contributed by atoms with Crippen LogP contribution in [0.4, 0.5) is 0 Å². The number of hydrogen-bond acceptors (Lipinski definition) is 3. The molecule has 3 N–H and O–H groups in total. The summed E-state index contributed by atoms with van der Waals surface area (Å²) >= 11 is 0. The summed E-state index contributed by atoms with van der Waals surface area (Å²) in [6.45, 7) is 5.75. The first-order valence-corrected chi connectivity index (χ1v) is 5.70. The molecule has 0 fully saturated rings. The molecule has 0 amide bonds. The third-order valence-electron chi connectivity index (χ3n) is 1.58. The Labute approximate surface area is 74.6 Å². The van der Waals surface area contributed by atoms with Gasteiger partial charge in [0.25, 0.3) is 0 Å². The minimum atomic E-state index is -3.10.